The molecule has 0 amide bonds. The Morgan fingerprint density at radius 2 is 0.754 bits per heavy atom. The lowest BCUT2D eigenvalue weighted by Crippen LogP contribution is -2.37. The highest BCUT2D eigenvalue weighted by Crippen LogP contribution is 2.44. The van der Waals surface area contributed by atoms with Gasteiger partial charge in [0.25, 0.3) is 0 Å². The van der Waals surface area contributed by atoms with E-state index in [1.807, 2.05) is 0 Å². The molecule has 1 N–H and O–H groups in total. The number of aromatic hydroxyl groups is 1. The molecule has 0 spiro atoms. The number of rotatable bonds is 6. The molecule has 0 radical (unpaired) electrons. The van der Waals surface area contributed by atoms with Gasteiger partial charge in [-0.3, -0.25) is 0 Å². The first kappa shape index (κ1) is 36.6. The fraction of sp³-hybridized carbons (Fsp3) is 0. The molecule has 2 nitrogen and oxygen atoms in total. The van der Waals surface area contributed by atoms with Gasteiger partial charge in [-0.25, -0.2) is 0 Å². The minimum Gasteiger partial charge on any atom is -0.506 e. The Balaban J connectivity index is 1.16. The van der Waals surface area contributed by atoms with Gasteiger partial charge in [0, 0.05) is 11.4 Å². The summed E-state index contributed by atoms with van der Waals surface area (Å²) < 4.78 is 0. The Morgan fingerprint density at radius 3 is 1.30 bits per heavy atom. The maximum atomic E-state index is 12.8. The fourth-order valence-corrected chi connectivity index (χ4v) is 9.86. The minimum absolute atomic E-state index is 0.272. The van der Waals surface area contributed by atoms with Gasteiger partial charge in [-0.1, -0.05) is 175 Å². The van der Waals surface area contributed by atoms with Crippen molar-refractivity contribution < 1.29 is 5.11 Å². The van der Waals surface area contributed by atoms with E-state index in [4.69, 9.17) is 0 Å². The van der Waals surface area contributed by atoms with Gasteiger partial charge >= 0.3 is 0 Å². The van der Waals surface area contributed by atoms with Crippen LogP contribution in [0.25, 0.3) is 87.2 Å². The maximum Gasteiger partial charge on any atom is 0.145 e. The van der Waals surface area contributed by atoms with E-state index in [2.05, 4.69) is 229 Å². The van der Waals surface area contributed by atoms with Crippen molar-refractivity contribution in [2.75, 3.05) is 4.90 Å². The van der Waals surface area contributed by atoms with Crippen molar-refractivity contribution in [3.05, 3.63) is 200 Å². The number of hydrogen-bond donors (Lipinski definition) is 1. The number of phenolic OH excluding ortho intramolecular Hbond substituents is 1. The first-order chi connectivity index (χ1) is 29.9. The van der Waals surface area contributed by atoms with Crippen LogP contribution in [-0.4, -0.2) is 28.6 Å². The molecule has 0 heterocycles. The summed E-state index contributed by atoms with van der Waals surface area (Å²) in [5.41, 5.74) is 12.5. The van der Waals surface area contributed by atoms with Gasteiger partial charge in [0.05, 0.1) is 5.69 Å². The van der Waals surface area contributed by atoms with Crippen molar-refractivity contribution >= 4 is 111 Å². The van der Waals surface area contributed by atoms with Crippen LogP contribution in [0.3, 0.4) is 0 Å². The first-order valence-electron chi connectivity index (χ1n) is 21.1. The number of anilines is 3. The molecule has 0 aromatic heterocycles. The van der Waals surface area contributed by atoms with Crippen LogP contribution in [0.4, 0.5) is 17.1 Å². The highest BCUT2D eigenvalue weighted by atomic mass is 16.3. The smallest absolute Gasteiger partial charge is 0.145 e. The van der Waals surface area contributed by atoms with E-state index >= 15 is 0 Å². The van der Waals surface area contributed by atoms with E-state index in [1.54, 1.807) is 0 Å². The molecule has 0 bridgehead atoms. The van der Waals surface area contributed by atoms with E-state index in [0.717, 1.165) is 55.7 Å². The number of nitrogens with zero attached hydrogens (tertiary/aromatic N) is 1. The van der Waals surface area contributed by atoms with Crippen LogP contribution in [0, 0.1) is 0 Å². The zero-order valence-corrected chi connectivity index (χ0v) is 34.4. The van der Waals surface area contributed by atoms with Crippen molar-refractivity contribution in [3.8, 4) is 39.1 Å². The van der Waals surface area contributed by atoms with Gasteiger partial charge in [0.1, 0.15) is 29.3 Å². The van der Waals surface area contributed by atoms with Crippen LogP contribution < -0.4 is 21.3 Å². The number of benzene rings is 11. The Hall–Kier alpha value is -7.49. The summed E-state index contributed by atoms with van der Waals surface area (Å²) in [6.45, 7) is 0. The molecule has 0 aliphatic heterocycles. The molecule has 0 aliphatic carbocycles. The largest absolute Gasteiger partial charge is 0.506 e. The molecule has 11 rings (SSSR count). The standard InChI is InChI=1S/C56H40B3NO/c57-52-51(48-29-13-17-34-14-1-4-22-41(34)48)53(58)56(61)55(54(52)59)60(39-20-11-18-35(30-39)49-32-37-15-2-5-23-42(37)44-25-7-9-27-46(44)49)40-21-12-19-36(31-40)50-33-38-16-3-6-24-43(38)45-26-8-10-28-47(45)50/h1-33,61H,57-59H2. The average molecular weight is 775 g/mol. The lowest BCUT2D eigenvalue weighted by molar-refractivity contribution is 0.481. The predicted octanol–water partition coefficient (Wildman–Crippen LogP) is 10.4. The van der Waals surface area contributed by atoms with Crippen LogP contribution in [0.1, 0.15) is 0 Å². The summed E-state index contributed by atoms with van der Waals surface area (Å²) in [4.78, 5) is 2.27. The first-order valence-corrected chi connectivity index (χ1v) is 21.1. The molecule has 0 fully saturated rings. The zero-order chi connectivity index (χ0) is 41.2. The average Bonchev–Trinajstić information content (AvgIpc) is 3.32. The van der Waals surface area contributed by atoms with Crippen molar-refractivity contribution in [2.24, 2.45) is 0 Å². The van der Waals surface area contributed by atoms with E-state index in [9.17, 15) is 5.11 Å². The third kappa shape index (κ3) is 5.99. The summed E-state index contributed by atoms with van der Waals surface area (Å²) >= 11 is 0. The second-order valence-corrected chi connectivity index (χ2v) is 16.3. The maximum absolute atomic E-state index is 12.8. The minimum atomic E-state index is 0.272. The highest BCUT2D eigenvalue weighted by Gasteiger charge is 2.26. The third-order valence-corrected chi connectivity index (χ3v) is 12.9. The third-order valence-electron chi connectivity index (χ3n) is 12.9. The number of hydrogen-bond acceptors (Lipinski definition) is 2. The van der Waals surface area contributed by atoms with Crippen LogP contribution in [-0.2, 0) is 0 Å². The van der Waals surface area contributed by atoms with E-state index in [1.165, 1.54) is 65.0 Å². The second-order valence-electron chi connectivity index (χ2n) is 16.3. The lowest BCUT2D eigenvalue weighted by Gasteiger charge is -2.32. The van der Waals surface area contributed by atoms with Crippen LogP contribution in [0.15, 0.2) is 200 Å². The quantitative estimate of drug-likeness (QED) is 0.134. The second kappa shape index (κ2) is 14.7. The van der Waals surface area contributed by atoms with Crippen LogP contribution >= 0.6 is 0 Å². The van der Waals surface area contributed by atoms with Gasteiger partial charge in [0.15, 0.2) is 0 Å². The van der Waals surface area contributed by atoms with E-state index in [-0.39, 0.29) is 5.75 Å². The predicted molar refractivity (Wildman–Crippen MR) is 271 cm³/mol. The van der Waals surface area contributed by atoms with Gasteiger partial charge in [-0.2, -0.15) is 0 Å². The van der Waals surface area contributed by atoms with Gasteiger partial charge in [-0.15, -0.1) is 0 Å². The SMILES string of the molecule is Bc1c(B)c(N(c2cccc(-c3cc4ccccc4c4ccccc34)c2)c2cccc(-c3cc4ccccc4c4ccccc34)c2)c(O)c(B)c1-c1cccc2ccccc12. The summed E-state index contributed by atoms with van der Waals surface area (Å²) in [5, 5.41) is 24.9. The van der Waals surface area contributed by atoms with Crippen molar-refractivity contribution in [3.63, 3.8) is 0 Å². The molecule has 0 atom stereocenters. The van der Waals surface area contributed by atoms with Crippen LogP contribution in [0.5, 0.6) is 5.75 Å². The molecule has 0 saturated carbocycles. The zero-order valence-electron chi connectivity index (χ0n) is 34.4. The van der Waals surface area contributed by atoms with E-state index < -0.39 is 0 Å². The highest BCUT2D eigenvalue weighted by molar-refractivity contribution is 6.57. The summed E-state index contributed by atoms with van der Waals surface area (Å²) in [6, 6.07) is 72.0. The van der Waals surface area contributed by atoms with Crippen molar-refractivity contribution in [2.45, 2.75) is 0 Å². The summed E-state index contributed by atoms with van der Waals surface area (Å²) in [7, 11) is 6.43. The molecule has 0 unspecified atom stereocenters. The van der Waals surface area contributed by atoms with Crippen LogP contribution in [0.2, 0.25) is 0 Å². The Morgan fingerprint density at radius 1 is 0.328 bits per heavy atom. The normalized spacial score (nSPS) is 11.5. The van der Waals surface area contributed by atoms with E-state index in [0.29, 0.717) is 0 Å². The molecule has 11 aromatic carbocycles. The molecular formula is C56H40B3NO. The number of fused-ring (bicyclic) bond motifs is 7. The molecule has 284 valence electrons. The van der Waals surface area contributed by atoms with Crippen molar-refractivity contribution in [1.82, 2.24) is 0 Å². The molecular weight excluding hydrogens is 735 g/mol. The summed E-state index contributed by atoms with van der Waals surface area (Å²) in [6.07, 6.45) is 0. The Bertz CT molecular complexity index is 3360. The topological polar surface area (TPSA) is 23.5 Å². The van der Waals surface area contributed by atoms with Crippen molar-refractivity contribution in [1.29, 1.82) is 0 Å². The molecule has 0 saturated heterocycles. The lowest BCUT2D eigenvalue weighted by atomic mass is 9.69. The molecule has 0 aliphatic rings. The number of phenols is 1. The van der Waals surface area contributed by atoms with Gasteiger partial charge in [-0.05, 0) is 129 Å². The monoisotopic (exact) mass is 775 g/mol. The molecule has 11 aromatic rings. The van der Waals surface area contributed by atoms with Gasteiger partial charge < -0.3 is 10.0 Å². The Labute approximate surface area is 358 Å². The molecule has 61 heavy (non-hydrogen) atoms. The Kier molecular flexibility index (Phi) is 8.79. The summed E-state index contributed by atoms with van der Waals surface area (Å²) in [5.74, 6) is 0.272. The molecule has 5 heteroatoms. The fourth-order valence-electron chi connectivity index (χ4n) is 9.86. The van der Waals surface area contributed by atoms with Gasteiger partial charge in [0.2, 0.25) is 0 Å².